The number of likely N-dealkylation sites (N-methyl/N-ethyl adjacent to an activating group) is 1. The van der Waals surface area contributed by atoms with Gasteiger partial charge in [-0.15, -0.1) is 0 Å². The number of amides is 1. The Morgan fingerprint density at radius 2 is 1.81 bits per heavy atom. The van der Waals surface area contributed by atoms with E-state index in [1.54, 1.807) is 18.0 Å². The second-order valence-electron chi connectivity index (χ2n) is 9.31. The van der Waals surface area contributed by atoms with E-state index >= 15 is 0 Å². The van der Waals surface area contributed by atoms with Gasteiger partial charge in [0.15, 0.2) is 6.29 Å². The van der Waals surface area contributed by atoms with E-state index in [4.69, 9.17) is 15.6 Å². The Bertz CT molecular complexity index is 1050. The molecule has 9 heteroatoms. The number of hydrogen-bond donors (Lipinski definition) is 2. The zero-order valence-corrected chi connectivity index (χ0v) is 21.6. The van der Waals surface area contributed by atoms with E-state index in [1.807, 2.05) is 42.5 Å². The van der Waals surface area contributed by atoms with Gasteiger partial charge in [0.2, 0.25) is 5.91 Å². The summed E-state index contributed by atoms with van der Waals surface area (Å²) in [5.41, 5.74) is 8.53. The molecule has 2 fully saturated rings. The molecule has 5 rings (SSSR count). The average molecular weight is 515 g/mol. The van der Waals surface area contributed by atoms with Crippen LogP contribution in [0.3, 0.4) is 0 Å². The van der Waals surface area contributed by atoms with Gasteiger partial charge in [-0.05, 0) is 73.7 Å². The van der Waals surface area contributed by atoms with E-state index < -0.39 is 6.29 Å². The average Bonchev–Trinajstić information content (AvgIpc) is 3.35. The fourth-order valence-electron chi connectivity index (χ4n) is 4.35. The molecule has 0 bridgehead atoms. The van der Waals surface area contributed by atoms with Crippen LogP contribution >= 0.6 is 11.9 Å². The molecule has 3 aliphatic rings. The van der Waals surface area contributed by atoms with Crippen LogP contribution in [-0.2, 0) is 9.53 Å². The third-order valence-corrected chi connectivity index (χ3v) is 7.59. The number of hydrogen-bond acceptors (Lipinski definition) is 7. The SMILES string of the molecule is CN1CCN(c2ccc(-c3ccc(SN4CC=C(C(N)=O)C4)cc3)cc2F)CC1.OC1CCCCO1. The molecule has 2 saturated heterocycles. The summed E-state index contributed by atoms with van der Waals surface area (Å²) in [6.07, 6.45) is 4.45. The Hall–Kier alpha value is -2.43. The minimum absolute atomic E-state index is 0.173. The maximum absolute atomic E-state index is 14.8. The summed E-state index contributed by atoms with van der Waals surface area (Å²) < 4.78 is 21.7. The van der Waals surface area contributed by atoms with Crippen LogP contribution in [0.2, 0.25) is 0 Å². The number of nitrogens with two attached hydrogens (primary N) is 1. The number of halogens is 1. The molecule has 2 aromatic carbocycles. The molecule has 1 atom stereocenters. The maximum Gasteiger partial charge on any atom is 0.245 e. The first-order valence-electron chi connectivity index (χ1n) is 12.4. The summed E-state index contributed by atoms with van der Waals surface area (Å²) >= 11 is 1.59. The van der Waals surface area contributed by atoms with Gasteiger partial charge in [0.05, 0.1) is 5.69 Å². The molecule has 0 saturated carbocycles. The van der Waals surface area contributed by atoms with Gasteiger partial charge < -0.3 is 25.4 Å². The van der Waals surface area contributed by atoms with Gasteiger partial charge in [-0.25, -0.2) is 8.70 Å². The molecule has 36 heavy (non-hydrogen) atoms. The summed E-state index contributed by atoms with van der Waals surface area (Å²) in [6.45, 7) is 5.59. The summed E-state index contributed by atoms with van der Waals surface area (Å²) in [6, 6.07) is 13.6. The fourth-order valence-corrected chi connectivity index (χ4v) is 5.26. The number of carbonyl (C=O) groups excluding carboxylic acids is 1. The van der Waals surface area contributed by atoms with E-state index in [0.717, 1.165) is 68.1 Å². The van der Waals surface area contributed by atoms with Crippen molar-refractivity contribution in [1.82, 2.24) is 9.21 Å². The van der Waals surface area contributed by atoms with Crippen LogP contribution in [0.5, 0.6) is 0 Å². The predicted octanol–water partition coefficient (Wildman–Crippen LogP) is 3.48. The molecular weight excluding hydrogens is 479 g/mol. The van der Waals surface area contributed by atoms with E-state index in [-0.39, 0.29) is 11.7 Å². The van der Waals surface area contributed by atoms with Gasteiger partial charge in [-0.2, -0.15) is 0 Å². The second-order valence-corrected chi connectivity index (χ2v) is 10.5. The topological polar surface area (TPSA) is 82.3 Å². The van der Waals surface area contributed by atoms with Crippen LogP contribution in [0.4, 0.5) is 10.1 Å². The van der Waals surface area contributed by atoms with E-state index in [0.29, 0.717) is 24.4 Å². The minimum Gasteiger partial charge on any atom is -0.368 e. The van der Waals surface area contributed by atoms with Crippen LogP contribution in [-0.4, -0.2) is 79.4 Å². The molecule has 194 valence electrons. The van der Waals surface area contributed by atoms with Crippen molar-refractivity contribution in [2.75, 3.05) is 57.8 Å². The molecule has 0 radical (unpaired) electrons. The van der Waals surface area contributed by atoms with Crippen LogP contribution in [0.1, 0.15) is 19.3 Å². The molecule has 1 unspecified atom stereocenters. The molecule has 3 aliphatic heterocycles. The lowest BCUT2D eigenvalue weighted by Gasteiger charge is -2.34. The Labute approximate surface area is 216 Å². The highest BCUT2D eigenvalue weighted by Gasteiger charge is 2.19. The van der Waals surface area contributed by atoms with Gasteiger partial charge in [0.1, 0.15) is 5.82 Å². The van der Waals surface area contributed by atoms with Crippen molar-refractivity contribution in [3.8, 4) is 11.1 Å². The molecule has 3 N–H and O–H groups in total. The van der Waals surface area contributed by atoms with Crippen molar-refractivity contribution in [3.63, 3.8) is 0 Å². The second kappa shape index (κ2) is 12.7. The van der Waals surface area contributed by atoms with Gasteiger partial charge in [-0.3, -0.25) is 4.79 Å². The van der Waals surface area contributed by atoms with Crippen molar-refractivity contribution in [2.45, 2.75) is 30.4 Å². The summed E-state index contributed by atoms with van der Waals surface area (Å²) in [5, 5.41) is 8.69. The minimum atomic E-state index is -0.464. The Kier molecular flexibility index (Phi) is 9.39. The highest BCUT2D eigenvalue weighted by Crippen LogP contribution is 2.31. The molecule has 1 amide bonds. The normalized spacial score (nSPS) is 21.0. The third kappa shape index (κ3) is 7.30. The highest BCUT2D eigenvalue weighted by atomic mass is 32.2. The van der Waals surface area contributed by atoms with Gasteiger partial charge in [0, 0.05) is 56.3 Å². The Balaban J connectivity index is 0.000000375. The molecule has 7 nitrogen and oxygen atoms in total. The van der Waals surface area contributed by atoms with Crippen LogP contribution in [0.25, 0.3) is 11.1 Å². The van der Waals surface area contributed by atoms with Crippen molar-refractivity contribution in [3.05, 3.63) is 59.9 Å². The quantitative estimate of drug-likeness (QED) is 0.591. The van der Waals surface area contributed by atoms with Crippen LogP contribution in [0, 0.1) is 5.82 Å². The van der Waals surface area contributed by atoms with E-state index in [9.17, 15) is 9.18 Å². The lowest BCUT2D eigenvalue weighted by Crippen LogP contribution is -2.44. The first kappa shape index (κ1) is 26.6. The van der Waals surface area contributed by atoms with Crippen molar-refractivity contribution < 1.29 is 19.0 Å². The van der Waals surface area contributed by atoms with Crippen molar-refractivity contribution >= 4 is 23.5 Å². The monoisotopic (exact) mass is 514 g/mol. The smallest absolute Gasteiger partial charge is 0.245 e. The molecule has 0 aliphatic carbocycles. The predicted molar refractivity (Wildman–Crippen MR) is 142 cm³/mol. The number of anilines is 1. The largest absolute Gasteiger partial charge is 0.368 e. The molecule has 2 aromatic rings. The molecule has 3 heterocycles. The fraction of sp³-hybridized carbons (Fsp3) is 0.444. The highest BCUT2D eigenvalue weighted by molar-refractivity contribution is 7.97. The number of piperazine rings is 1. The lowest BCUT2D eigenvalue weighted by molar-refractivity contribution is -0.123. The molecule has 0 spiro atoms. The number of rotatable bonds is 5. The Morgan fingerprint density at radius 3 is 2.36 bits per heavy atom. The first-order valence-corrected chi connectivity index (χ1v) is 13.2. The van der Waals surface area contributed by atoms with Crippen molar-refractivity contribution in [1.29, 1.82) is 0 Å². The number of primary amides is 1. The van der Waals surface area contributed by atoms with Gasteiger partial charge >= 0.3 is 0 Å². The molecule has 0 aromatic heterocycles. The number of benzene rings is 2. The van der Waals surface area contributed by atoms with E-state index in [2.05, 4.69) is 21.2 Å². The lowest BCUT2D eigenvalue weighted by atomic mass is 10.0. The summed E-state index contributed by atoms with van der Waals surface area (Å²) in [5.74, 6) is -0.530. The Morgan fingerprint density at radius 1 is 1.08 bits per heavy atom. The van der Waals surface area contributed by atoms with Crippen molar-refractivity contribution in [2.24, 2.45) is 5.73 Å². The number of aliphatic hydroxyl groups is 1. The summed E-state index contributed by atoms with van der Waals surface area (Å²) in [7, 11) is 2.09. The summed E-state index contributed by atoms with van der Waals surface area (Å²) in [4.78, 5) is 16.7. The van der Waals surface area contributed by atoms with Gasteiger partial charge in [-0.1, -0.05) is 24.3 Å². The van der Waals surface area contributed by atoms with E-state index in [1.165, 1.54) is 0 Å². The molecular formula is C27H35FN4O3S. The van der Waals surface area contributed by atoms with Crippen LogP contribution < -0.4 is 10.6 Å². The third-order valence-electron chi connectivity index (χ3n) is 6.57. The maximum atomic E-state index is 14.8. The first-order chi connectivity index (χ1) is 17.4. The zero-order chi connectivity index (χ0) is 25.5. The van der Waals surface area contributed by atoms with Crippen LogP contribution in [0.15, 0.2) is 59.0 Å². The number of aliphatic hydroxyl groups excluding tert-OH is 1. The van der Waals surface area contributed by atoms with Gasteiger partial charge in [0.25, 0.3) is 0 Å². The number of carbonyl (C=O) groups is 1. The number of ether oxygens (including phenoxy) is 1. The standard InChI is InChI=1S/C22H25FN4OS.C5H10O2/c1-25-10-12-26(13-11-25)21-7-4-17(14-20(21)23)16-2-5-19(6-3-16)29-27-9-8-18(15-27)22(24)28;6-5-3-1-2-4-7-5/h2-8,14H,9-13,15H2,1H3,(H2,24,28);5-6H,1-4H2. The zero-order valence-electron chi connectivity index (χ0n) is 20.7. The number of nitrogens with zero attached hydrogens (tertiary/aromatic N) is 3.